The number of hydrogen-bond donors (Lipinski definition) is 1. The molecule has 1 aliphatic rings. The maximum atomic E-state index is 12.5. The summed E-state index contributed by atoms with van der Waals surface area (Å²) in [6.07, 6.45) is 5.66. The van der Waals surface area contributed by atoms with Crippen molar-refractivity contribution in [3.63, 3.8) is 0 Å². The first-order valence-electron chi connectivity index (χ1n) is 7.56. The predicted octanol–water partition coefficient (Wildman–Crippen LogP) is 2.60. The smallest absolute Gasteiger partial charge is 0.252 e. The van der Waals surface area contributed by atoms with E-state index in [2.05, 4.69) is 5.32 Å². The normalized spacial score (nSPS) is 16.0. The topological polar surface area (TPSA) is 51.1 Å². The zero-order valence-electron chi connectivity index (χ0n) is 12.3. The Bertz CT molecular complexity index is 727. The lowest BCUT2D eigenvalue weighted by Crippen LogP contribution is -2.37. The molecule has 0 aliphatic heterocycles. The minimum atomic E-state index is -0.150. The molecule has 1 N–H and O–H groups in total. The number of hydrogen-bond acceptors (Lipinski definition) is 2. The van der Waals surface area contributed by atoms with Crippen molar-refractivity contribution in [2.75, 3.05) is 0 Å². The van der Waals surface area contributed by atoms with Gasteiger partial charge in [-0.25, -0.2) is 0 Å². The van der Waals surface area contributed by atoms with Gasteiger partial charge in [0.2, 0.25) is 0 Å². The van der Waals surface area contributed by atoms with Crippen LogP contribution >= 0.6 is 0 Å². The number of carbonyl (C=O) groups is 1. The number of carbonyl (C=O) groups excluding carboxylic acids is 1. The highest BCUT2D eigenvalue weighted by Crippen LogP contribution is 2.20. The van der Waals surface area contributed by atoms with Crippen LogP contribution in [0.2, 0.25) is 0 Å². The zero-order chi connectivity index (χ0) is 14.8. The van der Waals surface area contributed by atoms with Crippen LogP contribution in [0.5, 0.6) is 0 Å². The van der Waals surface area contributed by atoms with Crippen LogP contribution in [-0.2, 0) is 7.05 Å². The average molecular weight is 284 g/mol. The molecule has 0 bridgehead atoms. The summed E-state index contributed by atoms with van der Waals surface area (Å²) in [5.74, 6) is -0.129. The Hall–Kier alpha value is -2.10. The summed E-state index contributed by atoms with van der Waals surface area (Å²) in [4.78, 5) is 24.6. The molecule has 0 radical (unpaired) electrons. The number of nitrogens with one attached hydrogen (secondary N) is 1. The molecule has 1 aromatic heterocycles. The molecule has 1 aliphatic carbocycles. The molecule has 1 amide bonds. The molecular formula is C17H20N2O2. The first-order valence-corrected chi connectivity index (χ1v) is 7.56. The Labute approximate surface area is 123 Å². The predicted molar refractivity (Wildman–Crippen MR) is 83.5 cm³/mol. The zero-order valence-corrected chi connectivity index (χ0v) is 12.3. The second kappa shape index (κ2) is 5.72. The van der Waals surface area contributed by atoms with E-state index in [1.807, 2.05) is 24.3 Å². The van der Waals surface area contributed by atoms with Crippen molar-refractivity contribution in [1.29, 1.82) is 0 Å². The fourth-order valence-corrected chi connectivity index (χ4v) is 3.11. The fourth-order valence-electron chi connectivity index (χ4n) is 3.11. The van der Waals surface area contributed by atoms with Gasteiger partial charge in [0.1, 0.15) is 0 Å². The molecule has 0 unspecified atom stereocenters. The van der Waals surface area contributed by atoms with Crippen molar-refractivity contribution in [3.05, 3.63) is 46.2 Å². The summed E-state index contributed by atoms with van der Waals surface area (Å²) < 4.78 is 1.58. The van der Waals surface area contributed by atoms with Crippen LogP contribution in [0.3, 0.4) is 0 Å². The number of aromatic nitrogens is 1. The third kappa shape index (κ3) is 2.71. The van der Waals surface area contributed by atoms with Gasteiger partial charge in [-0.3, -0.25) is 9.59 Å². The second-order valence-electron chi connectivity index (χ2n) is 5.78. The fraction of sp³-hybridized carbons (Fsp3) is 0.412. The first kappa shape index (κ1) is 13.9. The lowest BCUT2D eigenvalue weighted by Gasteiger charge is -2.23. The van der Waals surface area contributed by atoms with Crippen LogP contribution in [0.4, 0.5) is 0 Å². The molecule has 1 fully saturated rings. The van der Waals surface area contributed by atoms with E-state index in [-0.39, 0.29) is 17.5 Å². The molecule has 0 saturated heterocycles. The Morgan fingerprint density at radius 2 is 1.90 bits per heavy atom. The van der Waals surface area contributed by atoms with Crippen molar-refractivity contribution in [2.24, 2.45) is 7.05 Å². The summed E-state index contributed by atoms with van der Waals surface area (Å²) in [5, 5.41) is 3.91. The maximum Gasteiger partial charge on any atom is 0.252 e. The number of nitrogens with zero attached hydrogens (tertiary/aromatic N) is 1. The lowest BCUT2D eigenvalue weighted by molar-refractivity contribution is 0.0929. The van der Waals surface area contributed by atoms with E-state index in [1.54, 1.807) is 11.6 Å². The number of benzene rings is 1. The Morgan fingerprint density at radius 1 is 1.19 bits per heavy atom. The number of rotatable bonds is 2. The van der Waals surface area contributed by atoms with Crippen molar-refractivity contribution in [2.45, 2.75) is 38.1 Å². The molecule has 1 aromatic carbocycles. The van der Waals surface area contributed by atoms with Gasteiger partial charge in [0.05, 0.1) is 11.1 Å². The highest BCUT2D eigenvalue weighted by Gasteiger charge is 2.19. The van der Waals surface area contributed by atoms with E-state index in [0.717, 1.165) is 23.7 Å². The first-order chi connectivity index (χ1) is 10.2. The van der Waals surface area contributed by atoms with Gasteiger partial charge in [-0.1, -0.05) is 37.5 Å². The molecule has 0 spiro atoms. The monoisotopic (exact) mass is 284 g/mol. The molecule has 4 nitrogen and oxygen atoms in total. The summed E-state index contributed by atoms with van der Waals surface area (Å²) in [7, 11) is 1.73. The molecule has 4 heteroatoms. The molecular weight excluding hydrogens is 264 g/mol. The van der Waals surface area contributed by atoms with Gasteiger partial charge < -0.3 is 9.88 Å². The minimum Gasteiger partial charge on any atom is -0.349 e. The second-order valence-corrected chi connectivity index (χ2v) is 5.78. The molecule has 1 saturated carbocycles. The standard InChI is InChI=1S/C17H20N2O2/c1-19-15-10-6-5-9-13(15)14(11-16(19)20)17(21)18-12-7-3-2-4-8-12/h5-6,9-12H,2-4,7-8H2,1H3,(H,18,21). The van der Waals surface area contributed by atoms with E-state index >= 15 is 0 Å². The van der Waals surface area contributed by atoms with E-state index in [9.17, 15) is 9.59 Å². The molecule has 110 valence electrons. The van der Waals surface area contributed by atoms with E-state index in [0.29, 0.717) is 5.56 Å². The minimum absolute atomic E-state index is 0.129. The summed E-state index contributed by atoms with van der Waals surface area (Å²) >= 11 is 0. The van der Waals surface area contributed by atoms with Gasteiger partial charge in [-0.15, -0.1) is 0 Å². The van der Waals surface area contributed by atoms with Gasteiger partial charge in [0, 0.05) is 24.5 Å². The number of para-hydroxylation sites is 1. The van der Waals surface area contributed by atoms with Gasteiger partial charge in [0.25, 0.3) is 11.5 Å². The largest absolute Gasteiger partial charge is 0.349 e. The van der Waals surface area contributed by atoms with Gasteiger partial charge in [0.15, 0.2) is 0 Å². The van der Waals surface area contributed by atoms with Gasteiger partial charge in [-0.2, -0.15) is 0 Å². The SMILES string of the molecule is Cn1c(=O)cc(C(=O)NC2CCCCC2)c2ccccc21. The Kier molecular flexibility index (Phi) is 3.78. The third-order valence-electron chi connectivity index (χ3n) is 4.34. The van der Waals surface area contributed by atoms with Crippen molar-refractivity contribution in [1.82, 2.24) is 9.88 Å². The highest BCUT2D eigenvalue weighted by molar-refractivity contribution is 6.06. The van der Waals surface area contributed by atoms with Crippen LogP contribution in [0.15, 0.2) is 35.1 Å². The molecule has 21 heavy (non-hydrogen) atoms. The number of fused-ring (bicyclic) bond motifs is 1. The molecule has 1 heterocycles. The van der Waals surface area contributed by atoms with Crippen LogP contribution < -0.4 is 10.9 Å². The molecule has 3 rings (SSSR count). The van der Waals surface area contributed by atoms with Gasteiger partial charge >= 0.3 is 0 Å². The van der Waals surface area contributed by atoms with E-state index in [1.165, 1.54) is 25.3 Å². The highest BCUT2D eigenvalue weighted by atomic mass is 16.2. The van der Waals surface area contributed by atoms with Crippen LogP contribution in [0.1, 0.15) is 42.5 Å². The number of pyridine rings is 1. The summed E-state index contributed by atoms with van der Waals surface area (Å²) in [6, 6.07) is 9.22. The van der Waals surface area contributed by atoms with Crippen LogP contribution in [0, 0.1) is 0 Å². The molecule has 2 aromatic rings. The summed E-state index contributed by atoms with van der Waals surface area (Å²) in [5.41, 5.74) is 1.13. The van der Waals surface area contributed by atoms with Crippen molar-refractivity contribution in [3.8, 4) is 0 Å². The lowest BCUT2D eigenvalue weighted by atomic mass is 9.95. The Morgan fingerprint density at radius 3 is 2.67 bits per heavy atom. The van der Waals surface area contributed by atoms with Gasteiger partial charge in [-0.05, 0) is 18.9 Å². The number of amides is 1. The van der Waals surface area contributed by atoms with Crippen molar-refractivity contribution >= 4 is 16.8 Å². The summed E-state index contributed by atoms with van der Waals surface area (Å²) in [6.45, 7) is 0. The average Bonchev–Trinajstić information content (AvgIpc) is 2.52. The van der Waals surface area contributed by atoms with Crippen LogP contribution in [-0.4, -0.2) is 16.5 Å². The maximum absolute atomic E-state index is 12.5. The van der Waals surface area contributed by atoms with Crippen molar-refractivity contribution < 1.29 is 4.79 Å². The van der Waals surface area contributed by atoms with E-state index in [4.69, 9.17) is 0 Å². The Balaban J connectivity index is 1.97. The third-order valence-corrected chi connectivity index (χ3v) is 4.34. The molecule has 0 atom stereocenters. The number of aryl methyl sites for hydroxylation is 1. The van der Waals surface area contributed by atoms with E-state index < -0.39 is 0 Å². The van der Waals surface area contributed by atoms with Crippen LogP contribution in [0.25, 0.3) is 10.9 Å². The quantitative estimate of drug-likeness (QED) is 0.921.